The zero-order valence-electron chi connectivity index (χ0n) is 38.3. The minimum Gasteiger partial charge on any atom is -0.541 e. The minimum absolute atomic E-state index is 0.0601. The molecule has 0 radical (unpaired) electrons. The number of hydrogen-bond donors (Lipinski definition) is 0. The van der Waals surface area contributed by atoms with Crippen LogP contribution in [0, 0.1) is 0 Å². The van der Waals surface area contributed by atoms with Crippen LogP contribution in [-0.2, 0) is 14.3 Å². The molecule has 0 unspecified atom stereocenters. The molecule has 0 amide bonds. The van der Waals surface area contributed by atoms with Crippen LogP contribution < -0.4 is 9.84 Å². The van der Waals surface area contributed by atoms with E-state index in [0.29, 0.717) is 11.3 Å². The highest BCUT2D eigenvalue weighted by molar-refractivity contribution is 5.92. The molecule has 0 fully saturated rings. The van der Waals surface area contributed by atoms with Crippen molar-refractivity contribution in [2.24, 2.45) is 0 Å². The van der Waals surface area contributed by atoms with Crippen molar-refractivity contribution in [2.75, 3.05) is 48.5 Å². The molecule has 6 heteroatoms. The van der Waals surface area contributed by atoms with E-state index in [1.165, 1.54) is 244 Å². The number of para-hydroxylation sites is 1. The molecule has 56 heavy (non-hydrogen) atoms. The lowest BCUT2D eigenvalue weighted by Crippen LogP contribution is -2.41. The molecule has 1 aromatic rings. The molecule has 0 bridgehead atoms. The van der Waals surface area contributed by atoms with E-state index in [2.05, 4.69) is 27.9 Å². The number of benzene rings is 1. The maximum absolute atomic E-state index is 10.9. The quantitative estimate of drug-likeness (QED) is 0.0288. The van der Waals surface area contributed by atoms with Crippen LogP contribution in [0.1, 0.15) is 225 Å². The van der Waals surface area contributed by atoms with Crippen LogP contribution in [-0.4, -0.2) is 59.0 Å². The first kappa shape index (κ1) is 53.8. The number of hydrogen-bond acceptors (Lipinski definition) is 5. The average Bonchev–Trinajstić information content (AvgIpc) is 3.19. The van der Waals surface area contributed by atoms with E-state index in [0.717, 1.165) is 0 Å². The van der Waals surface area contributed by atoms with Gasteiger partial charge < -0.3 is 28.6 Å². The van der Waals surface area contributed by atoms with E-state index in [9.17, 15) is 9.90 Å². The normalized spacial score (nSPS) is 11.8. The van der Waals surface area contributed by atoms with E-state index in [4.69, 9.17) is 14.2 Å². The zero-order valence-corrected chi connectivity index (χ0v) is 38.3. The molecule has 0 atom stereocenters. The zero-order chi connectivity index (χ0) is 41.4. The van der Waals surface area contributed by atoms with Crippen LogP contribution in [0.15, 0.2) is 30.0 Å². The highest BCUT2D eigenvalue weighted by Gasteiger charge is 2.16. The molecule has 0 aliphatic rings. The predicted octanol–water partition coefficient (Wildman–Crippen LogP) is 14.0. The summed E-state index contributed by atoms with van der Waals surface area (Å²) in [5.74, 6) is -1.28. The third-order valence-electron chi connectivity index (χ3n) is 11.4. The number of nitrogens with zero attached hydrogens (tertiary/aromatic N) is 1. The first-order chi connectivity index (χ1) is 27.3. The molecule has 1 aromatic carbocycles. The van der Waals surface area contributed by atoms with Gasteiger partial charge in [0.1, 0.15) is 11.7 Å². The monoisotopic (exact) mass is 788 g/mol. The van der Waals surface area contributed by atoms with Gasteiger partial charge in [0.05, 0.1) is 54.1 Å². The molecule has 0 saturated heterocycles. The van der Waals surface area contributed by atoms with Crippen molar-refractivity contribution in [3.05, 3.63) is 35.6 Å². The fourth-order valence-electron chi connectivity index (χ4n) is 7.71. The second-order valence-electron chi connectivity index (χ2n) is 17.0. The van der Waals surface area contributed by atoms with Gasteiger partial charge in [-0.15, -0.1) is 0 Å². The number of unbranched alkanes of at least 4 members (excludes halogenated alkanes) is 30. The molecule has 0 heterocycles. The Bertz CT molecular complexity index is 1000. The molecule has 0 aromatic heterocycles. The van der Waals surface area contributed by atoms with Gasteiger partial charge in [0.2, 0.25) is 0 Å². The summed E-state index contributed by atoms with van der Waals surface area (Å²) in [5, 5.41) is 10.9. The van der Waals surface area contributed by atoms with Crippen LogP contribution in [0.4, 0.5) is 0 Å². The summed E-state index contributed by atoms with van der Waals surface area (Å²) in [6.07, 6.45) is 46.9. The van der Waals surface area contributed by atoms with E-state index in [1.54, 1.807) is 24.3 Å². The van der Waals surface area contributed by atoms with E-state index >= 15 is 0 Å². The Balaban J connectivity index is 0.00000147. The molecule has 0 aliphatic heterocycles. The van der Waals surface area contributed by atoms with Gasteiger partial charge in [-0.3, -0.25) is 0 Å². The molecule has 6 nitrogen and oxygen atoms in total. The maximum atomic E-state index is 10.9. The largest absolute Gasteiger partial charge is 0.541 e. The number of rotatable bonds is 39. The molecule has 328 valence electrons. The third-order valence-corrected chi connectivity index (χ3v) is 11.4. The van der Waals surface area contributed by atoms with Crippen LogP contribution in [0.3, 0.4) is 0 Å². The SMILES string of the molecule is CCCCCCCCCCCCCCCCCC[N+](C)(C)CCCCCCCCCCCCCCCCCC.COC(C(=O)[O-])=C(OC)c1ccccc1OC. The van der Waals surface area contributed by atoms with Crippen LogP contribution in [0.2, 0.25) is 0 Å². The number of carbonyl (C=O) groups is 1. The molecular weight excluding hydrogens is 695 g/mol. The van der Waals surface area contributed by atoms with Gasteiger partial charge in [-0.1, -0.05) is 206 Å². The van der Waals surface area contributed by atoms with Crippen molar-refractivity contribution in [3.63, 3.8) is 0 Å². The highest BCUT2D eigenvalue weighted by Crippen LogP contribution is 2.28. The summed E-state index contributed by atoms with van der Waals surface area (Å²) in [6, 6.07) is 6.86. The van der Waals surface area contributed by atoms with Gasteiger partial charge in [0.25, 0.3) is 0 Å². The molecule has 0 spiro atoms. The third kappa shape index (κ3) is 31.8. The van der Waals surface area contributed by atoms with Crippen molar-refractivity contribution in [1.29, 1.82) is 0 Å². The number of carboxylic acid groups (broad SMARTS) is 1. The second-order valence-corrected chi connectivity index (χ2v) is 17.0. The average molecular weight is 788 g/mol. The topological polar surface area (TPSA) is 67.8 Å². The van der Waals surface area contributed by atoms with Gasteiger partial charge in [0.15, 0.2) is 11.5 Å². The van der Waals surface area contributed by atoms with Crippen molar-refractivity contribution in [1.82, 2.24) is 0 Å². The fourth-order valence-corrected chi connectivity index (χ4v) is 7.71. The first-order valence-corrected chi connectivity index (χ1v) is 23.8. The van der Waals surface area contributed by atoms with Crippen LogP contribution in [0.5, 0.6) is 5.75 Å². The minimum atomic E-state index is -1.45. The smallest absolute Gasteiger partial charge is 0.184 e. The van der Waals surface area contributed by atoms with Gasteiger partial charge >= 0.3 is 0 Å². The van der Waals surface area contributed by atoms with Gasteiger partial charge in [-0.2, -0.15) is 0 Å². The van der Waals surface area contributed by atoms with Crippen LogP contribution >= 0.6 is 0 Å². The lowest BCUT2D eigenvalue weighted by atomic mass is 10.0. The Morgan fingerprint density at radius 1 is 0.482 bits per heavy atom. The second kappa shape index (κ2) is 39.6. The molecule has 1 rings (SSSR count). The summed E-state index contributed by atoms with van der Waals surface area (Å²) in [7, 11) is 9.01. The van der Waals surface area contributed by atoms with E-state index in [1.807, 2.05) is 0 Å². The molecule has 0 aliphatic carbocycles. The number of methoxy groups -OCH3 is 3. The lowest BCUT2D eigenvalue weighted by Gasteiger charge is -2.30. The van der Waals surface area contributed by atoms with Gasteiger partial charge in [-0.05, 0) is 37.8 Å². The fraction of sp³-hybridized carbons (Fsp3) is 0.820. The Morgan fingerprint density at radius 2 is 0.786 bits per heavy atom. The first-order valence-electron chi connectivity index (χ1n) is 23.8. The predicted molar refractivity (Wildman–Crippen MR) is 240 cm³/mol. The van der Waals surface area contributed by atoms with Crippen molar-refractivity contribution < 1.29 is 28.6 Å². The summed E-state index contributed by atoms with van der Waals surface area (Å²) in [5.41, 5.74) is 0.485. The number of quaternary nitrogens is 1. The summed E-state index contributed by atoms with van der Waals surface area (Å²) < 4.78 is 16.2. The van der Waals surface area contributed by atoms with Crippen molar-refractivity contribution >= 4 is 11.7 Å². The molecule has 0 saturated carbocycles. The van der Waals surface area contributed by atoms with Crippen molar-refractivity contribution in [2.45, 2.75) is 219 Å². The number of aliphatic carboxylic acids is 1. The summed E-state index contributed by atoms with van der Waals surface area (Å²) in [4.78, 5) is 10.9. The summed E-state index contributed by atoms with van der Waals surface area (Å²) >= 11 is 0. The molecular formula is C50H93NO5. The number of carboxylic acids is 1. The van der Waals surface area contributed by atoms with E-state index < -0.39 is 5.97 Å². The Labute approximate surface area is 348 Å². The number of ether oxygens (including phenoxy) is 3. The maximum Gasteiger partial charge on any atom is 0.184 e. The summed E-state index contributed by atoms with van der Waals surface area (Å²) in [6.45, 7) is 7.39. The lowest BCUT2D eigenvalue weighted by molar-refractivity contribution is -0.890. The Morgan fingerprint density at radius 3 is 1.05 bits per heavy atom. The van der Waals surface area contributed by atoms with Gasteiger partial charge in [-0.25, -0.2) is 0 Å². The Hall–Kier alpha value is -2.21. The van der Waals surface area contributed by atoms with Crippen LogP contribution in [0.25, 0.3) is 5.76 Å². The Kier molecular flexibility index (Phi) is 38.0. The number of carbonyl (C=O) groups excluding carboxylic acids is 1. The standard InChI is InChI=1S/C38H80N.C12H14O5/c1-5-7-9-11-13-15-17-19-21-23-25-27-29-31-33-35-37-39(3,4)38-36-34-32-30-28-26-24-22-20-18-16-14-12-10-8-6-2;1-15-9-7-5-4-6-8(9)10(16-2)11(17-3)12(13)14/h5-38H2,1-4H3;4-7H,1-3H3,(H,13,14)/q+1;/p-1. The van der Waals surface area contributed by atoms with E-state index in [-0.39, 0.29) is 11.5 Å². The van der Waals surface area contributed by atoms with Gasteiger partial charge in [0, 0.05) is 0 Å². The molecule has 0 N–H and O–H groups in total. The van der Waals surface area contributed by atoms with Crippen molar-refractivity contribution in [3.8, 4) is 5.75 Å². The highest BCUT2D eigenvalue weighted by atomic mass is 16.5.